The molecule has 0 aliphatic carbocycles. The number of amidine groups is 1. The minimum absolute atomic E-state index is 0.231. The molecule has 0 unspecified atom stereocenters. The first-order valence-electron chi connectivity index (χ1n) is 8.03. The molecule has 5 nitrogen and oxygen atoms in total. The molecule has 2 aromatic carbocycles. The number of anilines is 2. The van der Waals surface area contributed by atoms with Crippen LogP contribution in [0.3, 0.4) is 0 Å². The van der Waals surface area contributed by atoms with E-state index in [4.69, 9.17) is 4.74 Å². The predicted molar refractivity (Wildman–Crippen MR) is 97.2 cm³/mol. The Morgan fingerprint density at radius 3 is 2.75 bits per heavy atom. The van der Waals surface area contributed by atoms with Gasteiger partial charge in [0.05, 0.1) is 18.5 Å². The van der Waals surface area contributed by atoms with E-state index in [2.05, 4.69) is 10.3 Å². The van der Waals surface area contributed by atoms with Gasteiger partial charge in [0.2, 0.25) is 0 Å². The predicted octanol–water partition coefficient (Wildman–Crippen LogP) is 4.23. The van der Waals surface area contributed by atoms with Gasteiger partial charge in [-0.15, -0.1) is 0 Å². The summed E-state index contributed by atoms with van der Waals surface area (Å²) < 4.78 is 5.31. The van der Waals surface area contributed by atoms with E-state index in [1.807, 2.05) is 55.5 Å². The number of carbonyl (C=O) groups is 1. The minimum atomic E-state index is -0.231. The Labute approximate surface area is 142 Å². The Hall–Kier alpha value is -2.82. The maximum absolute atomic E-state index is 13.0. The van der Waals surface area contributed by atoms with Crippen molar-refractivity contribution in [1.29, 1.82) is 0 Å². The highest BCUT2D eigenvalue weighted by atomic mass is 16.5. The van der Waals surface area contributed by atoms with E-state index < -0.39 is 0 Å². The molecule has 0 aromatic heterocycles. The molecule has 0 saturated heterocycles. The summed E-state index contributed by atoms with van der Waals surface area (Å²) >= 11 is 0. The second-order valence-electron chi connectivity index (χ2n) is 5.71. The zero-order valence-corrected chi connectivity index (χ0v) is 14.0. The number of para-hydroxylation sites is 2. The Morgan fingerprint density at radius 2 is 2.04 bits per heavy atom. The van der Waals surface area contributed by atoms with Gasteiger partial charge in [0.1, 0.15) is 11.6 Å². The smallest absolute Gasteiger partial charge is 0.331 e. The number of rotatable bonds is 3. The molecule has 2 aromatic rings. The van der Waals surface area contributed by atoms with Gasteiger partial charge in [-0.3, -0.25) is 9.89 Å². The Morgan fingerprint density at radius 1 is 1.21 bits per heavy atom. The van der Waals surface area contributed by atoms with Gasteiger partial charge in [-0.05, 0) is 43.2 Å². The summed E-state index contributed by atoms with van der Waals surface area (Å²) in [7, 11) is 1.59. The van der Waals surface area contributed by atoms with Crippen LogP contribution < -0.4 is 15.0 Å². The Bertz CT molecular complexity index is 771. The fraction of sp³-hybridized carbons (Fsp3) is 0.263. The molecule has 0 fully saturated rings. The van der Waals surface area contributed by atoms with E-state index in [-0.39, 0.29) is 6.03 Å². The third kappa shape index (κ3) is 3.40. The molecular formula is C19H21N3O2. The number of ether oxygens (including phenoxy) is 1. The maximum atomic E-state index is 13.0. The number of methoxy groups -OCH3 is 1. The lowest BCUT2D eigenvalue weighted by Gasteiger charge is -2.24. The Balaban J connectivity index is 1.92. The third-order valence-corrected chi connectivity index (χ3v) is 3.92. The van der Waals surface area contributed by atoms with Gasteiger partial charge in [0, 0.05) is 13.0 Å². The first-order valence-corrected chi connectivity index (χ1v) is 8.03. The normalized spacial score (nSPS) is 13.3. The SMILES string of the molecule is COc1ccccc1NC(=O)N(C1=NCCC1)c1cccc(C)c1. The fourth-order valence-corrected chi connectivity index (χ4v) is 2.78. The van der Waals surface area contributed by atoms with Gasteiger partial charge >= 0.3 is 6.03 Å². The van der Waals surface area contributed by atoms with Gasteiger partial charge in [0.15, 0.2) is 0 Å². The number of urea groups is 1. The van der Waals surface area contributed by atoms with E-state index in [0.717, 1.165) is 36.5 Å². The lowest BCUT2D eigenvalue weighted by atomic mass is 10.2. The third-order valence-electron chi connectivity index (χ3n) is 3.92. The highest BCUT2D eigenvalue weighted by molar-refractivity contribution is 6.20. The molecule has 1 N–H and O–H groups in total. The summed E-state index contributed by atoms with van der Waals surface area (Å²) in [5.41, 5.74) is 2.56. The highest BCUT2D eigenvalue weighted by Gasteiger charge is 2.24. The molecule has 3 rings (SSSR count). The number of hydrogen-bond acceptors (Lipinski definition) is 3. The second-order valence-corrected chi connectivity index (χ2v) is 5.71. The monoisotopic (exact) mass is 323 g/mol. The van der Waals surface area contributed by atoms with Crippen LogP contribution in [0.5, 0.6) is 5.75 Å². The number of amides is 2. The summed E-state index contributed by atoms with van der Waals surface area (Å²) in [5, 5.41) is 2.94. The first kappa shape index (κ1) is 16.1. The summed E-state index contributed by atoms with van der Waals surface area (Å²) in [6, 6.07) is 15.0. The number of aryl methyl sites for hydroxylation is 1. The molecule has 1 heterocycles. The van der Waals surface area contributed by atoms with Crippen LogP contribution in [-0.4, -0.2) is 25.5 Å². The lowest BCUT2D eigenvalue weighted by molar-refractivity contribution is 0.259. The van der Waals surface area contributed by atoms with Crippen molar-refractivity contribution in [3.05, 3.63) is 54.1 Å². The first-order chi connectivity index (χ1) is 11.7. The number of aliphatic imine (C=N–C) groups is 1. The molecule has 24 heavy (non-hydrogen) atoms. The van der Waals surface area contributed by atoms with Crippen molar-refractivity contribution >= 4 is 23.2 Å². The summed E-state index contributed by atoms with van der Waals surface area (Å²) in [6.45, 7) is 2.77. The van der Waals surface area contributed by atoms with E-state index >= 15 is 0 Å². The quantitative estimate of drug-likeness (QED) is 0.919. The average Bonchev–Trinajstić information content (AvgIpc) is 3.09. The Kier molecular flexibility index (Phi) is 4.79. The van der Waals surface area contributed by atoms with Crippen molar-refractivity contribution in [3.8, 4) is 5.75 Å². The van der Waals surface area contributed by atoms with Crippen molar-refractivity contribution in [2.45, 2.75) is 19.8 Å². The topological polar surface area (TPSA) is 53.9 Å². The molecule has 1 aliphatic heterocycles. The second kappa shape index (κ2) is 7.17. The van der Waals surface area contributed by atoms with Crippen LogP contribution in [0.4, 0.5) is 16.2 Å². The van der Waals surface area contributed by atoms with E-state index in [1.165, 1.54) is 0 Å². The van der Waals surface area contributed by atoms with Crippen LogP contribution in [-0.2, 0) is 0 Å². The van der Waals surface area contributed by atoms with Gasteiger partial charge in [0.25, 0.3) is 0 Å². The summed E-state index contributed by atoms with van der Waals surface area (Å²) in [6.07, 6.45) is 1.77. The van der Waals surface area contributed by atoms with Crippen molar-refractivity contribution in [3.63, 3.8) is 0 Å². The van der Waals surface area contributed by atoms with Gasteiger partial charge < -0.3 is 10.1 Å². The molecule has 0 radical (unpaired) electrons. The van der Waals surface area contributed by atoms with E-state index in [1.54, 1.807) is 12.0 Å². The molecule has 0 bridgehead atoms. The van der Waals surface area contributed by atoms with Crippen molar-refractivity contribution in [1.82, 2.24) is 0 Å². The minimum Gasteiger partial charge on any atom is -0.495 e. The summed E-state index contributed by atoms with van der Waals surface area (Å²) in [4.78, 5) is 19.1. The molecule has 2 amide bonds. The van der Waals surface area contributed by atoms with Gasteiger partial charge in [-0.25, -0.2) is 4.79 Å². The standard InChI is InChI=1S/C19H21N3O2/c1-14-7-5-8-15(13-14)22(18-11-6-12-20-18)19(23)21-16-9-3-4-10-17(16)24-2/h3-5,7-10,13H,6,11-12H2,1-2H3,(H,21,23). The van der Waals surface area contributed by atoms with E-state index in [0.29, 0.717) is 11.4 Å². The van der Waals surface area contributed by atoms with Crippen molar-refractivity contribution < 1.29 is 9.53 Å². The van der Waals surface area contributed by atoms with Crippen LogP contribution in [0.25, 0.3) is 0 Å². The van der Waals surface area contributed by atoms with Gasteiger partial charge in [-0.1, -0.05) is 24.3 Å². The van der Waals surface area contributed by atoms with Crippen LogP contribution in [0.2, 0.25) is 0 Å². The molecule has 124 valence electrons. The molecule has 0 spiro atoms. The van der Waals surface area contributed by atoms with Crippen molar-refractivity contribution in [2.24, 2.45) is 4.99 Å². The van der Waals surface area contributed by atoms with Crippen LogP contribution >= 0.6 is 0 Å². The average molecular weight is 323 g/mol. The molecule has 5 heteroatoms. The van der Waals surface area contributed by atoms with Crippen LogP contribution in [0, 0.1) is 6.92 Å². The van der Waals surface area contributed by atoms with Crippen LogP contribution in [0.15, 0.2) is 53.5 Å². The lowest BCUT2D eigenvalue weighted by Crippen LogP contribution is -2.39. The molecular weight excluding hydrogens is 302 g/mol. The highest BCUT2D eigenvalue weighted by Crippen LogP contribution is 2.26. The number of benzene rings is 2. The number of hydrogen-bond donors (Lipinski definition) is 1. The largest absolute Gasteiger partial charge is 0.495 e. The van der Waals surface area contributed by atoms with E-state index in [9.17, 15) is 4.79 Å². The molecule has 0 atom stereocenters. The van der Waals surface area contributed by atoms with Crippen molar-refractivity contribution in [2.75, 3.05) is 23.9 Å². The molecule has 1 aliphatic rings. The summed E-state index contributed by atoms with van der Waals surface area (Å²) in [5.74, 6) is 1.43. The number of nitrogens with one attached hydrogen (secondary N) is 1. The fourth-order valence-electron chi connectivity index (χ4n) is 2.78. The zero-order chi connectivity index (χ0) is 16.9. The van der Waals surface area contributed by atoms with Gasteiger partial charge in [-0.2, -0.15) is 0 Å². The number of carbonyl (C=O) groups excluding carboxylic acids is 1. The molecule has 0 saturated carbocycles. The zero-order valence-electron chi connectivity index (χ0n) is 14.0. The number of nitrogens with zero attached hydrogens (tertiary/aromatic N) is 2. The maximum Gasteiger partial charge on any atom is 0.331 e. The van der Waals surface area contributed by atoms with Crippen LogP contribution in [0.1, 0.15) is 18.4 Å².